The van der Waals surface area contributed by atoms with E-state index in [1.807, 2.05) is 24.3 Å². The second-order valence-corrected chi connectivity index (χ2v) is 4.44. The molecule has 0 aromatic heterocycles. The minimum atomic E-state index is 0.101. The van der Waals surface area contributed by atoms with E-state index in [4.69, 9.17) is 23.7 Å². The van der Waals surface area contributed by atoms with Crippen LogP contribution in [0.3, 0.4) is 0 Å². The number of fused-ring (bicyclic) bond motifs is 1. The van der Waals surface area contributed by atoms with Crippen LogP contribution in [0.1, 0.15) is 0 Å². The zero-order valence-electron chi connectivity index (χ0n) is 13.0. The van der Waals surface area contributed by atoms with Crippen LogP contribution in [-0.2, 0) is 4.74 Å². The lowest BCUT2D eigenvalue weighted by Gasteiger charge is -2.17. The van der Waals surface area contributed by atoms with Crippen molar-refractivity contribution in [1.82, 2.24) is 0 Å². The Bertz CT molecular complexity index is 651. The summed E-state index contributed by atoms with van der Waals surface area (Å²) < 4.78 is 27.3. The van der Waals surface area contributed by atoms with Gasteiger partial charge in [-0.25, -0.2) is 0 Å². The van der Waals surface area contributed by atoms with E-state index in [2.05, 4.69) is 6.58 Å². The van der Waals surface area contributed by atoms with E-state index < -0.39 is 0 Å². The van der Waals surface area contributed by atoms with Gasteiger partial charge in [-0.1, -0.05) is 12.7 Å². The smallest absolute Gasteiger partial charge is 0.188 e. The van der Waals surface area contributed by atoms with Crippen molar-refractivity contribution in [3.8, 4) is 23.0 Å². The van der Waals surface area contributed by atoms with Crippen LogP contribution in [-0.4, -0.2) is 34.7 Å². The second-order valence-electron chi connectivity index (χ2n) is 4.44. The predicted octanol–water partition coefficient (Wildman–Crippen LogP) is 3.40. The van der Waals surface area contributed by atoms with E-state index in [0.29, 0.717) is 23.9 Å². The fourth-order valence-corrected chi connectivity index (χ4v) is 2.21. The van der Waals surface area contributed by atoms with Crippen LogP contribution >= 0.6 is 0 Å². The highest BCUT2D eigenvalue weighted by molar-refractivity contribution is 5.99. The molecular formula is C17H20O5. The van der Waals surface area contributed by atoms with Crippen molar-refractivity contribution in [2.45, 2.75) is 0 Å². The average Bonchev–Trinajstić information content (AvgIpc) is 2.57. The lowest BCUT2D eigenvalue weighted by Crippen LogP contribution is -2.04. The summed E-state index contributed by atoms with van der Waals surface area (Å²) in [5.41, 5.74) is 0. The largest absolute Gasteiger partial charge is 0.496 e. The number of benzene rings is 2. The van der Waals surface area contributed by atoms with Crippen LogP contribution in [0.15, 0.2) is 36.9 Å². The summed E-state index contributed by atoms with van der Waals surface area (Å²) in [5.74, 6) is 2.55. The lowest BCUT2D eigenvalue weighted by molar-refractivity contribution is 0.0499. The Hall–Kier alpha value is -2.40. The SMILES string of the molecule is C=CCOc1ccc2c(OC)ccc(OC)c2c1OCOC. The second kappa shape index (κ2) is 7.56. The summed E-state index contributed by atoms with van der Waals surface area (Å²) in [4.78, 5) is 0. The van der Waals surface area contributed by atoms with Crippen LogP contribution in [0.5, 0.6) is 23.0 Å². The van der Waals surface area contributed by atoms with E-state index in [1.54, 1.807) is 27.4 Å². The third kappa shape index (κ3) is 3.09. The maximum absolute atomic E-state index is 5.72. The van der Waals surface area contributed by atoms with Crippen LogP contribution < -0.4 is 18.9 Å². The van der Waals surface area contributed by atoms with Crippen molar-refractivity contribution in [1.29, 1.82) is 0 Å². The fourth-order valence-electron chi connectivity index (χ4n) is 2.21. The zero-order valence-corrected chi connectivity index (χ0v) is 13.0. The maximum atomic E-state index is 5.72. The molecule has 2 rings (SSSR count). The lowest BCUT2D eigenvalue weighted by atomic mass is 10.1. The van der Waals surface area contributed by atoms with E-state index in [9.17, 15) is 0 Å². The van der Waals surface area contributed by atoms with Gasteiger partial charge in [-0.15, -0.1) is 0 Å². The summed E-state index contributed by atoms with van der Waals surface area (Å²) in [6, 6.07) is 7.43. The third-order valence-corrected chi connectivity index (χ3v) is 3.14. The molecule has 0 N–H and O–H groups in total. The first-order valence-corrected chi connectivity index (χ1v) is 6.80. The molecule has 0 amide bonds. The van der Waals surface area contributed by atoms with Gasteiger partial charge in [0, 0.05) is 12.5 Å². The Morgan fingerprint density at radius 2 is 1.59 bits per heavy atom. The molecule has 0 spiro atoms. The van der Waals surface area contributed by atoms with Gasteiger partial charge in [-0.2, -0.15) is 0 Å². The van der Waals surface area contributed by atoms with Gasteiger partial charge in [0.2, 0.25) is 0 Å². The molecular weight excluding hydrogens is 284 g/mol. The molecule has 0 saturated heterocycles. The zero-order chi connectivity index (χ0) is 15.9. The molecule has 0 bridgehead atoms. The van der Waals surface area contributed by atoms with E-state index in [1.165, 1.54) is 0 Å². The fraction of sp³-hybridized carbons (Fsp3) is 0.294. The van der Waals surface area contributed by atoms with Crippen molar-refractivity contribution in [2.24, 2.45) is 0 Å². The normalized spacial score (nSPS) is 10.3. The molecule has 0 aliphatic heterocycles. The first-order valence-electron chi connectivity index (χ1n) is 6.80. The maximum Gasteiger partial charge on any atom is 0.188 e. The quantitative estimate of drug-likeness (QED) is 0.552. The highest BCUT2D eigenvalue weighted by Crippen LogP contribution is 2.44. The summed E-state index contributed by atoms with van der Waals surface area (Å²) in [5, 5.41) is 1.65. The topological polar surface area (TPSA) is 46.2 Å². The number of ether oxygens (including phenoxy) is 5. The number of methoxy groups -OCH3 is 3. The summed E-state index contributed by atoms with van der Waals surface area (Å²) in [7, 11) is 4.80. The Morgan fingerprint density at radius 1 is 0.909 bits per heavy atom. The molecule has 2 aromatic carbocycles. The molecule has 0 atom stereocenters. The van der Waals surface area contributed by atoms with Gasteiger partial charge in [-0.3, -0.25) is 0 Å². The van der Waals surface area contributed by atoms with E-state index in [0.717, 1.165) is 16.5 Å². The van der Waals surface area contributed by atoms with Crippen molar-refractivity contribution >= 4 is 10.8 Å². The van der Waals surface area contributed by atoms with E-state index >= 15 is 0 Å². The first kappa shape index (κ1) is 16.0. The van der Waals surface area contributed by atoms with Crippen LogP contribution in [0.25, 0.3) is 10.8 Å². The van der Waals surface area contributed by atoms with E-state index in [-0.39, 0.29) is 6.79 Å². The molecule has 22 heavy (non-hydrogen) atoms. The van der Waals surface area contributed by atoms with Gasteiger partial charge in [0.15, 0.2) is 18.3 Å². The molecule has 5 nitrogen and oxygen atoms in total. The summed E-state index contributed by atoms with van der Waals surface area (Å²) in [6.45, 7) is 4.13. The van der Waals surface area contributed by atoms with Gasteiger partial charge >= 0.3 is 0 Å². The molecule has 0 radical (unpaired) electrons. The van der Waals surface area contributed by atoms with Crippen LogP contribution in [0, 0.1) is 0 Å². The number of rotatable bonds is 8. The minimum absolute atomic E-state index is 0.101. The molecule has 2 aromatic rings. The van der Waals surface area contributed by atoms with Crippen molar-refractivity contribution in [3.63, 3.8) is 0 Å². The molecule has 0 aliphatic rings. The van der Waals surface area contributed by atoms with Gasteiger partial charge in [0.05, 0.1) is 19.6 Å². The highest BCUT2D eigenvalue weighted by Gasteiger charge is 2.17. The molecule has 0 saturated carbocycles. The van der Waals surface area contributed by atoms with Crippen molar-refractivity contribution < 1.29 is 23.7 Å². The summed E-state index contributed by atoms with van der Waals surface area (Å²) >= 11 is 0. The van der Waals surface area contributed by atoms with Crippen molar-refractivity contribution in [2.75, 3.05) is 34.7 Å². The molecule has 0 fully saturated rings. The van der Waals surface area contributed by atoms with Crippen LogP contribution in [0.2, 0.25) is 0 Å². The van der Waals surface area contributed by atoms with Gasteiger partial charge in [0.1, 0.15) is 18.1 Å². The standard InChI is InChI=1S/C17H20O5/c1-5-10-21-15-7-6-12-13(19-3)8-9-14(20-4)16(12)17(15)22-11-18-2/h5-9H,1,10-11H2,2-4H3. The Labute approximate surface area is 130 Å². The predicted molar refractivity (Wildman–Crippen MR) is 85.2 cm³/mol. The molecule has 0 unspecified atom stereocenters. The molecule has 0 aliphatic carbocycles. The van der Waals surface area contributed by atoms with Gasteiger partial charge < -0.3 is 23.7 Å². The summed E-state index contributed by atoms with van der Waals surface area (Å²) in [6.07, 6.45) is 1.67. The Kier molecular flexibility index (Phi) is 5.49. The number of hydrogen-bond donors (Lipinski definition) is 0. The number of hydrogen-bond acceptors (Lipinski definition) is 5. The Morgan fingerprint density at radius 3 is 2.23 bits per heavy atom. The monoisotopic (exact) mass is 304 g/mol. The first-order chi connectivity index (χ1) is 10.8. The molecule has 5 heteroatoms. The van der Waals surface area contributed by atoms with Crippen molar-refractivity contribution in [3.05, 3.63) is 36.9 Å². The Balaban J connectivity index is 2.68. The molecule has 118 valence electrons. The van der Waals surface area contributed by atoms with Crippen LogP contribution in [0.4, 0.5) is 0 Å². The van der Waals surface area contributed by atoms with Gasteiger partial charge in [-0.05, 0) is 24.3 Å². The third-order valence-electron chi connectivity index (χ3n) is 3.14. The average molecular weight is 304 g/mol. The minimum Gasteiger partial charge on any atom is -0.496 e. The van der Waals surface area contributed by atoms with Gasteiger partial charge in [0.25, 0.3) is 0 Å². The highest BCUT2D eigenvalue weighted by atomic mass is 16.7. The molecule has 0 heterocycles.